The molecule has 122 valence electrons. The van der Waals surface area contributed by atoms with Crippen molar-refractivity contribution in [2.45, 2.75) is 13.8 Å². The van der Waals surface area contributed by atoms with E-state index in [1.165, 1.54) is 10.7 Å². The number of amides is 1. The second kappa shape index (κ2) is 6.29. The molecule has 0 spiro atoms. The fourth-order valence-electron chi connectivity index (χ4n) is 2.36. The predicted molar refractivity (Wildman–Crippen MR) is 92.3 cm³/mol. The van der Waals surface area contributed by atoms with Crippen LogP contribution in [0.15, 0.2) is 42.6 Å². The lowest BCUT2D eigenvalue weighted by atomic mass is 10.2. The smallest absolute Gasteiger partial charge is 0.356 e. The number of hydrogen-bond acceptors (Lipinski definition) is 4. The predicted octanol–water partition coefficient (Wildman–Crippen LogP) is 3.50. The molecule has 3 aromatic rings. The maximum atomic E-state index is 12.4. The van der Waals surface area contributed by atoms with Gasteiger partial charge in [0.05, 0.1) is 11.3 Å². The van der Waals surface area contributed by atoms with Gasteiger partial charge in [-0.15, -0.1) is 11.3 Å². The molecule has 6 nitrogen and oxygen atoms in total. The maximum absolute atomic E-state index is 12.4. The van der Waals surface area contributed by atoms with Crippen LogP contribution in [0, 0.1) is 13.8 Å². The lowest BCUT2D eigenvalue weighted by molar-refractivity contribution is 0.0689. The number of carboxylic acids is 1. The van der Waals surface area contributed by atoms with Gasteiger partial charge in [0.2, 0.25) is 0 Å². The van der Waals surface area contributed by atoms with Crippen molar-refractivity contribution in [3.05, 3.63) is 63.6 Å². The van der Waals surface area contributed by atoms with E-state index in [-0.39, 0.29) is 11.6 Å². The average molecular weight is 341 g/mol. The van der Waals surface area contributed by atoms with Gasteiger partial charge in [0.15, 0.2) is 5.69 Å². The van der Waals surface area contributed by atoms with E-state index in [1.54, 1.807) is 41.8 Å². The third-order valence-corrected chi connectivity index (χ3v) is 4.43. The van der Waals surface area contributed by atoms with Crippen LogP contribution in [0.5, 0.6) is 0 Å². The minimum absolute atomic E-state index is 0.0335. The largest absolute Gasteiger partial charge is 0.476 e. The van der Waals surface area contributed by atoms with E-state index in [1.807, 2.05) is 19.9 Å². The molecule has 0 saturated heterocycles. The van der Waals surface area contributed by atoms with E-state index >= 15 is 0 Å². The van der Waals surface area contributed by atoms with E-state index in [2.05, 4.69) is 10.4 Å². The molecule has 3 rings (SSSR count). The molecule has 1 aromatic carbocycles. The molecule has 7 heteroatoms. The number of nitrogens with one attached hydrogen (secondary N) is 1. The molecule has 24 heavy (non-hydrogen) atoms. The summed E-state index contributed by atoms with van der Waals surface area (Å²) >= 11 is 1.58. The van der Waals surface area contributed by atoms with Crippen molar-refractivity contribution in [1.82, 2.24) is 9.78 Å². The Morgan fingerprint density at radius 2 is 2.00 bits per heavy atom. The summed E-state index contributed by atoms with van der Waals surface area (Å²) in [6, 6.07) is 10.4. The zero-order valence-electron chi connectivity index (χ0n) is 13.1. The Bertz CT molecular complexity index is 927. The number of rotatable bonds is 4. The number of aromatic nitrogens is 2. The quantitative estimate of drug-likeness (QED) is 0.761. The third kappa shape index (κ3) is 3.21. The van der Waals surface area contributed by atoms with Gasteiger partial charge in [0.1, 0.15) is 0 Å². The molecule has 1 amide bonds. The summed E-state index contributed by atoms with van der Waals surface area (Å²) in [6.45, 7) is 3.88. The number of carbonyl (C=O) groups is 2. The van der Waals surface area contributed by atoms with Gasteiger partial charge in [0.25, 0.3) is 5.91 Å². The molecule has 0 saturated carbocycles. The van der Waals surface area contributed by atoms with Gasteiger partial charge in [-0.05, 0) is 44.2 Å². The van der Waals surface area contributed by atoms with Crippen LogP contribution in [0.25, 0.3) is 5.69 Å². The highest BCUT2D eigenvalue weighted by Crippen LogP contribution is 2.22. The highest BCUT2D eigenvalue weighted by molar-refractivity contribution is 7.12. The van der Waals surface area contributed by atoms with Gasteiger partial charge >= 0.3 is 5.97 Å². The number of aryl methyl sites for hydroxylation is 2. The van der Waals surface area contributed by atoms with Gasteiger partial charge < -0.3 is 10.4 Å². The highest BCUT2D eigenvalue weighted by atomic mass is 32.1. The number of nitrogens with zero attached hydrogens (tertiary/aromatic N) is 2. The first-order chi connectivity index (χ1) is 11.4. The summed E-state index contributed by atoms with van der Waals surface area (Å²) in [5, 5.41) is 15.8. The highest BCUT2D eigenvalue weighted by Gasteiger charge is 2.13. The van der Waals surface area contributed by atoms with Gasteiger partial charge in [-0.1, -0.05) is 6.07 Å². The van der Waals surface area contributed by atoms with Gasteiger partial charge in [-0.2, -0.15) is 5.10 Å². The average Bonchev–Trinajstić information content (AvgIpc) is 3.14. The van der Waals surface area contributed by atoms with Crippen molar-refractivity contribution in [2.24, 2.45) is 0 Å². The van der Waals surface area contributed by atoms with Gasteiger partial charge in [-0.3, -0.25) is 4.79 Å². The van der Waals surface area contributed by atoms with Crippen LogP contribution < -0.4 is 5.32 Å². The molecule has 0 aliphatic heterocycles. The normalized spacial score (nSPS) is 10.6. The molecule has 0 bridgehead atoms. The third-order valence-electron chi connectivity index (χ3n) is 3.46. The zero-order chi connectivity index (χ0) is 17.3. The molecular formula is C17H15N3O3S. The molecule has 0 aliphatic rings. The van der Waals surface area contributed by atoms with Crippen molar-refractivity contribution in [2.75, 3.05) is 5.32 Å². The van der Waals surface area contributed by atoms with Crippen molar-refractivity contribution < 1.29 is 14.7 Å². The molecular weight excluding hydrogens is 326 g/mol. The summed E-state index contributed by atoms with van der Waals surface area (Å²) in [6.07, 6.45) is 1.57. The minimum atomic E-state index is -1.08. The van der Waals surface area contributed by atoms with Crippen LogP contribution in [0.3, 0.4) is 0 Å². The van der Waals surface area contributed by atoms with Crippen LogP contribution in [0.4, 0.5) is 5.69 Å². The van der Waals surface area contributed by atoms with Crippen molar-refractivity contribution >= 4 is 28.9 Å². The maximum Gasteiger partial charge on any atom is 0.356 e. The molecule has 2 N–H and O–H groups in total. The minimum Gasteiger partial charge on any atom is -0.476 e. The Morgan fingerprint density at radius 3 is 2.62 bits per heavy atom. The van der Waals surface area contributed by atoms with E-state index in [4.69, 9.17) is 5.11 Å². The number of benzene rings is 1. The Morgan fingerprint density at radius 1 is 1.21 bits per heavy atom. The lowest BCUT2D eigenvalue weighted by Crippen LogP contribution is -2.12. The van der Waals surface area contributed by atoms with Crippen molar-refractivity contribution in [1.29, 1.82) is 0 Å². The monoisotopic (exact) mass is 341 g/mol. The van der Waals surface area contributed by atoms with Crippen LogP contribution in [-0.2, 0) is 0 Å². The van der Waals surface area contributed by atoms with E-state index in [0.717, 1.165) is 9.75 Å². The first-order valence-corrected chi connectivity index (χ1v) is 8.03. The molecule has 2 heterocycles. The zero-order valence-corrected chi connectivity index (χ0v) is 13.9. The first-order valence-electron chi connectivity index (χ1n) is 7.22. The summed E-state index contributed by atoms with van der Waals surface area (Å²) in [7, 11) is 0. The number of aromatic carboxylic acids is 1. The Kier molecular flexibility index (Phi) is 4.18. The van der Waals surface area contributed by atoms with Crippen LogP contribution in [0.2, 0.25) is 0 Å². The summed E-state index contributed by atoms with van der Waals surface area (Å²) in [5.74, 6) is -1.25. The van der Waals surface area contributed by atoms with Gasteiger partial charge in [0, 0.05) is 21.6 Å². The number of carbonyl (C=O) groups excluding carboxylic acids is 1. The molecule has 0 aliphatic carbocycles. The second-order valence-corrected chi connectivity index (χ2v) is 6.74. The number of hydrogen-bond donors (Lipinski definition) is 2. The summed E-state index contributed by atoms with van der Waals surface area (Å²) in [4.78, 5) is 25.4. The SMILES string of the molecule is Cc1cc(C(=O)Nc2cccc(-n3ccc(C(=O)O)n3)c2)c(C)s1. The standard InChI is InChI=1S/C17H15N3O3S/c1-10-8-14(11(2)24-10)16(21)18-12-4-3-5-13(9-12)20-7-6-15(19-20)17(22)23/h3-9H,1-2H3,(H,18,21)(H,22,23). The molecule has 0 unspecified atom stereocenters. The fraction of sp³-hybridized carbons (Fsp3) is 0.118. The number of anilines is 1. The van der Waals surface area contributed by atoms with Crippen LogP contribution in [0.1, 0.15) is 30.6 Å². The molecule has 2 aromatic heterocycles. The first kappa shape index (κ1) is 15.9. The number of carboxylic acid groups (broad SMARTS) is 1. The van der Waals surface area contributed by atoms with Crippen LogP contribution >= 0.6 is 11.3 Å². The molecule has 0 fully saturated rings. The summed E-state index contributed by atoms with van der Waals surface area (Å²) < 4.78 is 1.46. The lowest BCUT2D eigenvalue weighted by Gasteiger charge is -2.07. The van der Waals surface area contributed by atoms with Gasteiger partial charge in [-0.25, -0.2) is 9.48 Å². The Labute approximate surface area is 142 Å². The Balaban J connectivity index is 1.83. The molecule has 0 atom stereocenters. The fourth-order valence-corrected chi connectivity index (χ4v) is 3.28. The number of thiophene rings is 1. The topological polar surface area (TPSA) is 84.2 Å². The summed E-state index contributed by atoms with van der Waals surface area (Å²) in [5.41, 5.74) is 1.91. The van der Waals surface area contributed by atoms with E-state index in [0.29, 0.717) is 16.9 Å². The van der Waals surface area contributed by atoms with Crippen LogP contribution in [-0.4, -0.2) is 26.8 Å². The Hall–Kier alpha value is -2.93. The second-order valence-electron chi connectivity index (χ2n) is 5.28. The van der Waals surface area contributed by atoms with E-state index in [9.17, 15) is 9.59 Å². The molecule has 0 radical (unpaired) electrons. The van der Waals surface area contributed by atoms with Crippen molar-refractivity contribution in [3.63, 3.8) is 0 Å². The van der Waals surface area contributed by atoms with E-state index < -0.39 is 5.97 Å². The van der Waals surface area contributed by atoms with Crippen molar-refractivity contribution in [3.8, 4) is 5.69 Å².